The zero-order valence-corrected chi connectivity index (χ0v) is 11.9. The molecule has 2 aromatic rings. The Kier molecular flexibility index (Phi) is 3.77. The number of benzene rings is 2. The zero-order chi connectivity index (χ0) is 13.1. The smallest absolute Gasteiger partial charge is 0.133 e. The number of methoxy groups -OCH3 is 1. The molecule has 0 aliphatic heterocycles. The van der Waals surface area contributed by atoms with Crippen molar-refractivity contribution in [1.29, 1.82) is 0 Å². The molecule has 0 aromatic heterocycles. The first-order valence-electron chi connectivity index (χ1n) is 5.57. The molecule has 0 fully saturated rings. The molecule has 0 unspecified atom stereocenters. The molecular formula is C14H15BrN2O. The van der Waals surface area contributed by atoms with Crippen LogP contribution in [0, 0.1) is 6.92 Å². The minimum atomic E-state index is 0.729. The Morgan fingerprint density at radius 2 is 1.94 bits per heavy atom. The predicted molar refractivity (Wildman–Crippen MR) is 79.6 cm³/mol. The Balaban J connectivity index is 2.28. The molecular weight excluding hydrogens is 292 g/mol. The average Bonchev–Trinajstić information content (AvgIpc) is 2.34. The summed E-state index contributed by atoms with van der Waals surface area (Å²) in [5.41, 5.74) is 9.70. The zero-order valence-electron chi connectivity index (χ0n) is 10.3. The van der Waals surface area contributed by atoms with Crippen molar-refractivity contribution in [2.75, 3.05) is 18.2 Å². The lowest BCUT2D eigenvalue weighted by Crippen LogP contribution is -1.97. The van der Waals surface area contributed by atoms with Crippen LogP contribution in [0.25, 0.3) is 0 Å². The molecule has 0 saturated carbocycles. The number of aryl methyl sites for hydroxylation is 1. The van der Waals surface area contributed by atoms with E-state index in [-0.39, 0.29) is 0 Å². The van der Waals surface area contributed by atoms with E-state index in [1.165, 1.54) is 5.56 Å². The van der Waals surface area contributed by atoms with Crippen molar-refractivity contribution < 1.29 is 4.74 Å². The van der Waals surface area contributed by atoms with Crippen LogP contribution in [0.5, 0.6) is 5.75 Å². The number of nitrogens with two attached hydrogens (primary N) is 1. The first-order chi connectivity index (χ1) is 8.60. The summed E-state index contributed by atoms with van der Waals surface area (Å²) >= 11 is 3.46. The largest absolute Gasteiger partial charge is 0.496 e. The van der Waals surface area contributed by atoms with E-state index in [1.807, 2.05) is 43.3 Å². The third kappa shape index (κ3) is 2.76. The summed E-state index contributed by atoms with van der Waals surface area (Å²) < 4.78 is 6.10. The van der Waals surface area contributed by atoms with E-state index < -0.39 is 0 Å². The molecule has 0 saturated heterocycles. The first kappa shape index (κ1) is 12.8. The van der Waals surface area contributed by atoms with E-state index in [1.54, 1.807) is 7.11 Å². The van der Waals surface area contributed by atoms with Gasteiger partial charge in [0.2, 0.25) is 0 Å². The Morgan fingerprint density at radius 3 is 2.61 bits per heavy atom. The van der Waals surface area contributed by atoms with Gasteiger partial charge in [-0.2, -0.15) is 0 Å². The Bertz CT molecular complexity index is 570. The van der Waals surface area contributed by atoms with Crippen LogP contribution in [0.3, 0.4) is 0 Å². The number of rotatable bonds is 3. The molecule has 0 aliphatic rings. The fourth-order valence-corrected chi connectivity index (χ4v) is 2.22. The average molecular weight is 307 g/mol. The van der Waals surface area contributed by atoms with Gasteiger partial charge in [0.1, 0.15) is 5.75 Å². The third-order valence-electron chi connectivity index (χ3n) is 2.64. The quantitative estimate of drug-likeness (QED) is 0.840. The van der Waals surface area contributed by atoms with Gasteiger partial charge < -0.3 is 15.8 Å². The van der Waals surface area contributed by atoms with Gasteiger partial charge in [-0.1, -0.05) is 6.07 Å². The Labute approximate surface area is 115 Å². The number of anilines is 3. The summed E-state index contributed by atoms with van der Waals surface area (Å²) in [4.78, 5) is 0. The summed E-state index contributed by atoms with van der Waals surface area (Å²) in [6.07, 6.45) is 0. The van der Waals surface area contributed by atoms with Gasteiger partial charge in [-0.3, -0.25) is 0 Å². The molecule has 0 radical (unpaired) electrons. The topological polar surface area (TPSA) is 47.3 Å². The maximum absolute atomic E-state index is 5.93. The minimum Gasteiger partial charge on any atom is -0.496 e. The third-order valence-corrected chi connectivity index (χ3v) is 3.26. The molecule has 3 nitrogen and oxygen atoms in total. The molecule has 94 valence electrons. The lowest BCUT2D eigenvalue weighted by molar-refractivity contribution is 0.412. The summed E-state index contributed by atoms with van der Waals surface area (Å²) in [5, 5.41) is 3.29. The highest BCUT2D eigenvalue weighted by molar-refractivity contribution is 9.10. The van der Waals surface area contributed by atoms with Gasteiger partial charge in [-0.05, 0) is 58.7 Å². The van der Waals surface area contributed by atoms with E-state index in [0.717, 1.165) is 27.3 Å². The molecule has 0 amide bonds. The maximum Gasteiger partial charge on any atom is 0.133 e. The second-order valence-electron chi connectivity index (χ2n) is 4.07. The lowest BCUT2D eigenvalue weighted by Gasteiger charge is -2.11. The predicted octanol–water partition coefficient (Wildman–Crippen LogP) is 4.09. The van der Waals surface area contributed by atoms with Crippen LogP contribution < -0.4 is 15.8 Å². The van der Waals surface area contributed by atoms with Crippen molar-refractivity contribution in [2.45, 2.75) is 6.92 Å². The van der Waals surface area contributed by atoms with Gasteiger partial charge in [0, 0.05) is 5.69 Å². The summed E-state index contributed by atoms with van der Waals surface area (Å²) in [5.74, 6) is 0.803. The molecule has 2 aromatic carbocycles. The molecule has 0 bridgehead atoms. The molecule has 0 atom stereocenters. The van der Waals surface area contributed by atoms with E-state index in [0.29, 0.717) is 0 Å². The number of nitrogen functional groups attached to an aromatic ring is 1. The number of halogens is 1. The van der Waals surface area contributed by atoms with Crippen LogP contribution in [0.15, 0.2) is 40.9 Å². The highest BCUT2D eigenvalue weighted by Crippen LogP contribution is 2.30. The Morgan fingerprint density at radius 1 is 1.17 bits per heavy atom. The van der Waals surface area contributed by atoms with Gasteiger partial charge in [-0.25, -0.2) is 0 Å². The van der Waals surface area contributed by atoms with Crippen LogP contribution in [-0.2, 0) is 0 Å². The minimum absolute atomic E-state index is 0.729. The number of hydrogen-bond donors (Lipinski definition) is 2. The summed E-state index contributed by atoms with van der Waals surface area (Å²) in [6.45, 7) is 2.04. The molecule has 3 N–H and O–H groups in total. The van der Waals surface area contributed by atoms with Crippen LogP contribution in [-0.4, -0.2) is 7.11 Å². The van der Waals surface area contributed by atoms with Crippen molar-refractivity contribution in [1.82, 2.24) is 0 Å². The monoisotopic (exact) mass is 306 g/mol. The van der Waals surface area contributed by atoms with Gasteiger partial charge in [0.15, 0.2) is 0 Å². The fraction of sp³-hybridized carbons (Fsp3) is 0.143. The molecule has 4 heteroatoms. The first-order valence-corrected chi connectivity index (χ1v) is 6.36. The van der Waals surface area contributed by atoms with E-state index >= 15 is 0 Å². The highest BCUT2D eigenvalue weighted by atomic mass is 79.9. The Hall–Kier alpha value is -1.68. The van der Waals surface area contributed by atoms with Gasteiger partial charge >= 0.3 is 0 Å². The van der Waals surface area contributed by atoms with E-state index in [2.05, 4.69) is 21.2 Å². The van der Waals surface area contributed by atoms with Crippen molar-refractivity contribution in [2.24, 2.45) is 0 Å². The SMILES string of the molecule is COc1ccc(Nc2cc(C)ccc2N)cc1Br. The van der Waals surface area contributed by atoms with Crippen LogP contribution in [0.4, 0.5) is 17.1 Å². The summed E-state index contributed by atoms with van der Waals surface area (Å²) in [7, 11) is 1.64. The second-order valence-corrected chi connectivity index (χ2v) is 4.92. The van der Waals surface area contributed by atoms with Gasteiger partial charge in [0.05, 0.1) is 23.0 Å². The fourth-order valence-electron chi connectivity index (χ4n) is 1.68. The number of nitrogens with one attached hydrogen (secondary N) is 1. The van der Waals surface area contributed by atoms with Crippen molar-refractivity contribution in [3.8, 4) is 5.75 Å². The molecule has 0 aliphatic carbocycles. The van der Waals surface area contributed by atoms with Crippen molar-refractivity contribution >= 4 is 33.0 Å². The van der Waals surface area contributed by atoms with Crippen LogP contribution in [0.1, 0.15) is 5.56 Å². The number of ether oxygens (including phenoxy) is 1. The second kappa shape index (κ2) is 5.31. The van der Waals surface area contributed by atoms with Crippen LogP contribution in [0.2, 0.25) is 0 Å². The van der Waals surface area contributed by atoms with E-state index in [4.69, 9.17) is 10.5 Å². The summed E-state index contributed by atoms with van der Waals surface area (Å²) in [6, 6.07) is 11.7. The molecule has 0 heterocycles. The van der Waals surface area contributed by atoms with Gasteiger partial charge in [0.25, 0.3) is 0 Å². The number of hydrogen-bond acceptors (Lipinski definition) is 3. The maximum atomic E-state index is 5.93. The lowest BCUT2D eigenvalue weighted by atomic mass is 10.2. The van der Waals surface area contributed by atoms with Crippen molar-refractivity contribution in [3.63, 3.8) is 0 Å². The normalized spacial score (nSPS) is 10.2. The molecule has 18 heavy (non-hydrogen) atoms. The molecule has 2 rings (SSSR count). The van der Waals surface area contributed by atoms with Crippen molar-refractivity contribution in [3.05, 3.63) is 46.4 Å². The van der Waals surface area contributed by atoms with Gasteiger partial charge in [-0.15, -0.1) is 0 Å². The molecule has 0 spiro atoms. The van der Waals surface area contributed by atoms with Crippen LogP contribution >= 0.6 is 15.9 Å². The highest BCUT2D eigenvalue weighted by Gasteiger charge is 2.04. The standard InChI is InChI=1S/C14H15BrN2O/c1-9-3-5-12(16)13(7-9)17-10-4-6-14(18-2)11(15)8-10/h3-8,17H,16H2,1-2H3. The van der Waals surface area contributed by atoms with E-state index in [9.17, 15) is 0 Å².